The van der Waals surface area contributed by atoms with Gasteiger partial charge in [0.05, 0.1) is 17.3 Å². The van der Waals surface area contributed by atoms with Crippen molar-refractivity contribution in [3.63, 3.8) is 0 Å². The number of carbonyl (C=O) groups is 2. The molecule has 0 N–H and O–H groups in total. The fourth-order valence-electron chi connectivity index (χ4n) is 2.84. The molecule has 0 atom stereocenters. The first-order valence-electron chi connectivity index (χ1n) is 7.88. The Morgan fingerprint density at radius 3 is 2.33 bits per heavy atom. The van der Waals surface area contributed by atoms with Crippen molar-refractivity contribution in [2.75, 3.05) is 26.2 Å². The minimum Gasteiger partial charge on any atom is -0.337 e. The number of nitrogens with zero attached hydrogens (tertiary/aromatic N) is 4. The molecule has 0 unspecified atom stereocenters. The number of carbonyl (C=O) groups excluding carboxylic acids is 2. The zero-order valence-corrected chi connectivity index (χ0v) is 13.5. The van der Waals surface area contributed by atoms with Crippen LogP contribution in [0.15, 0.2) is 36.7 Å². The molecule has 126 valence electrons. The number of rotatable bonds is 2. The number of benzene rings is 1. The van der Waals surface area contributed by atoms with Gasteiger partial charge in [-0.1, -0.05) is 12.1 Å². The van der Waals surface area contributed by atoms with E-state index in [-0.39, 0.29) is 17.4 Å². The van der Waals surface area contributed by atoms with E-state index in [9.17, 15) is 14.0 Å². The third-order valence-corrected chi connectivity index (χ3v) is 4.13. The van der Waals surface area contributed by atoms with Crippen LogP contribution in [0.1, 0.15) is 27.1 Å². The Bertz CT molecular complexity index is 759. The first-order chi connectivity index (χ1) is 11.6. The minimum atomic E-state index is -0.518. The SMILES string of the molecule is Cn1cc(C(=O)N2CCCN(C(=O)c3ccccc3F)CC2)cn1. The highest BCUT2D eigenvalue weighted by molar-refractivity contribution is 5.95. The molecule has 0 spiro atoms. The Balaban J connectivity index is 1.68. The Labute approximate surface area is 139 Å². The van der Waals surface area contributed by atoms with Gasteiger partial charge in [-0.3, -0.25) is 14.3 Å². The van der Waals surface area contributed by atoms with Crippen molar-refractivity contribution in [2.24, 2.45) is 7.05 Å². The summed E-state index contributed by atoms with van der Waals surface area (Å²) in [5, 5.41) is 4.01. The summed E-state index contributed by atoms with van der Waals surface area (Å²) in [5.74, 6) is -0.942. The van der Waals surface area contributed by atoms with E-state index in [1.807, 2.05) is 0 Å². The van der Waals surface area contributed by atoms with Crippen molar-refractivity contribution in [3.8, 4) is 0 Å². The van der Waals surface area contributed by atoms with Crippen LogP contribution in [0, 0.1) is 5.82 Å². The van der Waals surface area contributed by atoms with Crippen molar-refractivity contribution in [1.82, 2.24) is 19.6 Å². The van der Waals surface area contributed by atoms with Crippen molar-refractivity contribution >= 4 is 11.8 Å². The molecular weight excluding hydrogens is 311 g/mol. The van der Waals surface area contributed by atoms with Gasteiger partial charge in [0.2, 0.25) is 0 Å². The van der Waals surface area contributed by atoms with E-state index < -0.39 is 5.82 Å². The van der Waals surface area contributed by atoms with Crippen molar-refractivity contribution < 1.29 is 14.0 Å². The van der Waals surface area contributed by atoms with E-state index >= 15 is 0 Å². The zero-order chi connectivity index (χ0) is 17.1. The van der Waals surface area contributed by atoms with Crippen LogP contribution in [0.2, 0.25) is 0 Å². The van der Waals surface area contributed by atoms with Crippen molar-refractivity contribution in [3.05, 3.63) is 53.6 Å². The molecule has 1 saturated heterocycles. The molecule has 2 aromatic rings. The molecule has 1 fully saturated rings. The lowest BCUT2D eigenvalue weighted by molar-refractivity contribution is 0.0716. The van der Waals surface area contributed by atoms with E-state index in [2.05, 4.69) is 5.10 Å². The standard InChI is InChI=1S/C17H19FN4O2/c1-20-12-13(11-19-20)16(23)21-7-4-8-22(10-9-21)17(24)14-5-2-3-6-15(14)18/h2-3,5-6,11-12H,4,7-10H2,1H3. The highest BCUT2D eigenvalue weighted by Gasteiger charge is 2.25. The second kappa shape index (κ2) is 6.82. The van der Waals surface area contributed by atoms with Gasteiger partial charge >= 0.3 is 0 Å². The maximum atomic E-state index is 13.8. The van der Waals surface area contributed by atoms with E-state index in [0.717, 1.165) is 0 Å². The van der Waals surface area contributed by atoms with Crippen LogP contribution in [0.5, 0.6) is 0 Å². The molecule has 6 nitrogen and oxygen atoms in total. The molecule has 24 heavy (non-hydrogen) atoms. The second-order valence-corrected chi connectivity index (χ2v) is 5.82. The minimum absolute atomic E-state index is 0.0736. The zero-order valence-electron chi connectivity index (χ0n) is 13.5. The second-order valence-electron chi connectivity index (χ2n) is 5.82. The van der Waals surface area contributed by atoms with Gasteiger partial charge in [0.25, 0.3) is 11.8 Å². The van der Waals surface area contributed by atoms with E-state index in [1.54, 1.807) is 39.9 Å². The molecule has 2 amide bonds. The fraction of sp³-hybridized carbons (Fsp3) is 0.353. The van der Waals surface area contributed by atoms with Crippen LogP contribution in [-0.2, 0) is 7.05 Å². The summed E-state index contributed by atoms with van der Waals surface area (Å²) in [6, 6.07) is 5.97. The van der Waals surface area contributed by atoms with Gasteiger partial charge in [0.1, 0.15) is 5.82 Å². The number of hydrogen-bond acceptors (Lipinski definition) is 3. The van der Waals surface area contributed by atoms with Crippen LogP contribution in [-0.4, -0.2) is 57.6 Å². The normalized spacial score (nSPS) is 15.2. The highest BCUT2D eigenvalue weighted by Crippen LogP contribution is 2.14. The number of aromatic nitrogens is 2. The summed E-state index contributed by atoms with van der Waals surface area (Å²) in [4.78, 5) is 28.3. The third kappa shape index (κ3) is 3.29. The molecular formula is C17H19FN4O2. The van der Waals surface area contributed by atoms with Crippen molar-refractivity contribution in [2.45, 2.75) is 6.42 Å². The molecule has 1 aromatic heterocycles. The summed E-state index contributed by atoms with van der Waals surface area (Å²) >= 11 is 0. The average molecular weight is 330 g/mol. The molecule has 0 aliphatic carbocycles. The highest BCUT2D eigenvalue weighted by atomic mass is 19.1. The summed E-state index contributed by atoms with van der Waals surface area (Å²) in [6.45, 7) is 1.88. The van der Waals surface area contributed by atoms with Gasteiger partial charge in [-0.05, 0) is 18.6 Å². The molecule has 0 bridgehead atoms. The monoisotopic (exact) mass is 330 g/mol. The Hall–Kier alpha value is -2.70. The lowest BCUT2D eigenvalue weighted by Crippen LogP contribution is -2.37. The van der Waals surface area contributed by atoms with Gasteiger partial charge in [-0.25, -0.2) is 4.39 Å². The molecule has 1 aliphatic heterocycles. The van der Waals surface area contributed by atoms with E-state index in [0.29, 0.717) is 38.2 Å². The third-order valence-electron chi connectivity index (χ3n) is 4.13. The molecule has 0 saturated carbocycles. The van der Waals surface area contributed by atoms with Gasteiger partial charge in [0.15, 0.2) is 0 Å². The lowest BCUT2D eigenvalue weighted by atomic mass is 10.2. The van der Waals surface area contributed by atoms with Crippen LogP contribution in [0.25, 0.3) is 0 Å². The predicted octanol–water partition coefficient (Wildman–Crippen LogP) is 1.55. The van der Waals surface area contributed by atoms with Gasteiger partial charge < -0.3 is 9.80 Å². The smallest absolute Gasteiger partial charge is 0.257 e. The quantitative estimate of drug-likeness (QED) is 0.839. The number of halogens is 1. The van der Waals surface area contributed by atoms with Gasteiger partial charge in [-0.2, -0.15) is 5.10 Å². The first-order valence-corrected chi connectivity index (χ1v) is 7.88. The number of amides is 2. The summed E-state index contributed by atoms with van der Waals surface area (Å²) < 4.78 is 15.4. The average Bonchev–Trinajstić information content (AvgIpc) is 2.87. The van der Waals surface area contributed by atoms with Crippen molar-refractivity contribution in [1.29, 1.82) is 0 Å². The molecule has 1 aromatic carbocycles. The lowest BCUT2D eigenvalue weighted by Gasteiger charge is -2.22. The van der Waals surface area contributed by atoms with Gasteiger partial charge in [0, 0.05) is 39.4 Å². The molecule has 1 aliphatic rings. The topological polar surface area (TPSA) is 58.4 Å². The summed E-state index contributed by atoms with van der Waals surface area (Å²) in [6.07, 6.45) is 3.87. The predicted molar refractivity (Wildman–Crippen MR) is 86.0 cm³/mol. The molecule has 0 radical (unpaired) electrons. The van der Waals surface area contributed by atoms with Crippen LogP contribution < -0.4 is 0 Å². The molecule has 3 rings (SSSR count). The first kappa shape index (κ1) is 16.2. The Morgan fingerprint density at radius 1 is 1.04 bits per heavy atom. The maximum absolute atomic E-state index is 13.8. The molecule has 2 heterocycles. The fourth-order valence-corrected chi connectivity index (χ4v) is 2.84. The van der Waals surface area contributed by atoms with Gasteiger partial charge in [-0.15, -0.1) is 0 Å². The molecule has 7 heteroatoms. The summed E-state index contributed by atoms with van der Waals surface area (Å²) in [7, 11) is 1.76. The number of aryl methyl sites for hydroxylation is 1. The van der Waals surface area contributed by atoms with Crippen LogP contribution in [0.4, 0.5) is 4.39 Å². The van der Waals surface area contributed by atoms with Crippen LogP contribution in [0.3, 0.4) is 0 Å². The van der Waals surface area contributed by atoms with E-state index in [4.69, 9.17) is 0 Å². The van der Waals surface area contributed by atoms with E-state index in [1.165, 1.54) is 18.3 Å². The summed E-state index contributed by atoms with van der Waals surface area (Å²) in [5.41, 5.74) is 0.607. The number of hydrogen-bond donors (Lipinski definition) is 0. The Kier molecular flexibility index (Phi) is 4.59. The van der Waals surface area contributed by atoms with Crippen LogP contribution >= 0.6 is 0 Å². The Morgan fingerprint density at radius 2 is 1.71 bits per heavy atom. The maximum Gasteiger partial charge on any atom is 0.257 e. The largest absolute Gasteiger partial charge is 0.337 e.